The van der Waals surface area contributed by atoms with Gasteiger partial charge < -0.3 is 37.1 Å². The average molecular weight is 629 g/mol. The number of fused-ring (bicyclic) bond motifs is 2. The van der Waals surface area contributed by atoms with Gasteiger partial charge in [0, 0.05) is 26.5 Å². The molecule has 1 aliphatic heterocycles. The van der Waals surface area contributed by atoms with Crippen molar-refractivity contribution in [1.82, 2.24) is 10.2 Å². The molecule has 2 aromatic rings. The smallest absolute Gasteiger partial charge is 0.253 e. The van der Waals surface area contributed by atoms with Crippen LogP contribution in [0.15, 0.2) is 83.3 Å². The molecule has 9 nitrogen and oxygen atoms in total. The van der Waals surface area contributed by atoms with Gasteiger partial charge in [0.05, 0.1) is 17.0 Å². The summed E-state index contributed by atoms with van der Waals surface area (Å²) in [5.74, 6) is -0.595. The molecule has 10 heteroatoms. The van der Waals surface area contributed by atoms with Gasteiger partial charge in [0.15, 0.2) is 17.8 Å². The molecule has 0 bridgehead atoms. The minimum atomic E-state index is -0.871. The molecule has 0 radical (unpaired) electrons. The quantitative estimate of drug-likeness (QED) is 0.0772. The van der Waals surface area contributed by atoms with Gasteiger partial charge >= 0.3 is 0 Å². The van der Waals surface area contributed by atoms with E-state index in [0.29, 0.717) is 42.2 Å². The third kappa shape index (κ3) is 13.3. The molecule has 0 saturated carbocycles. The summed E-state index contributed by atoms with van der Waals surface area (Å²) < 4.78 is 21.4. The van der Waals surface area contributed by atoms with Crippen LogP contribution >= 0.6 is 0 Å². The normalized spacial score (nSPS) is 12.2. The van der Waals surface area contributed by atoms with E-state index < -0.39 is 11.7 Å². The number of ether oxygens (including phenoxy) is 1. The van der Waals surface area contributed by atoms with Gasteiger partial charge in [0.1, 0.15) is 11.5 Å². The first-order chi connectivity index (χ1) is 21.5. The summed E-state index contributed by atoms with van der Waals surface area (Å²) in [6.07, 6.45) is 3.57. The molecule has 0 atom stereocenters. The molecule has 252 valence electrons. The highest BCUT2D eigenvalue weighted by molar-refractivity contribution is 6.10. The molecule has 1 heterocycles. The fraction of sp³-hybridized carbons (Fsp3) is 0.429. The molecule has 0 fully saturated rings. The number of primary amides is 1. The van der Waals surface area contributed by atoms with Gasteiger partial charge in [-0.2, -0.15) is 0 Å². The average Bonchev–Trinajstić information content (AvgIpc) is 3.03. The zero-order valence-corrected chi connectivity index (χ0v) is 29.1. The van der Waals surface area contributed by atoms with Gasteiger partial charge in [0.2, 0.25) is 0 Å². The first-order valence-electron chi connectivity index (χ1n) is 15.5. The van der Waals surface area contributed by atoms with E-state index in [-0.39, 0.29) is 17.0 Å². The van der Waals surface area contributed by atoms with Crippen LogP contribution < -0.4 is 32.2 Å². The summed E-state index contributed by atoms with van der Waals surface area (Å²) >= 11 is 0. The lowest BCUT2D eigenvalue weighted by Gasteiger charge is -2.36. The fourth-order valence-electron chi connectivity index (χ4n) is 3.95. The molecule has 0 aromatic heterocycles. The van der Waals surface area contributed by atoms with Crippen LogP contribution in [0.5, 0.6) is 5.75 Å². The van der Waals surface area contributed by atoms with Crippen molar-refractivity contribution in [3.8, 4) is 5.75 Å². The number of benzene rings is 2. The van der Waals surface area contributed by atoms with E-state index in [1.165, 1.54) is 13.1 Å². The maximum absolute atomic E-state index is 15.0. The number of nitrogens with two attached hydrogens (primary N) is 3. The Labute approximate surface area is 270 Å². The van der Waals surface area contributed by atoms with Crippen molar-refractivity contribution >= 4 is 28.7 Å². The molecule has 3 rings (SSSR count). The van der Waals surface area contributed by atoms with E-state index >= 15 is 4.39 Å². The number of carbonyl (C=O) groups is 2. The van der Waals surface area contributed by atoms with Gasteiger partial charge in [0.25, 0.3) is 5.91 Å². The lowest BCUT2D eigenvalue weighted by molar-refractivity contribution is -0.116. The first kappa shape index (κ1) is 43.1. The number of halogens is 1. The van der Waals surface area contributed by atoms with E-state index in [4.69, 9.17) is 21.9 Å². The second-order valence-electron chi connectivity index (χ2n) is 9.29. The largest absolute Gasteiger partial charge is 0.451 e. The van der Waals surface area contributed by atoms with Gasteiger partial charge in [-0.05, 0) is 62.3 Å². The Balaban J connectivity index is 0. The number of likely N-dealkylation sites (N-methyl/N-ethyl adjacent to an activating group) is 1. The number of amides is 1. The van der Waals surface area contributed by atoms with Crippen LogP contribution in [0, 0.1) is 0 Å². The lowest BCUT2D eigenvalue weighted by Crippen LogP contribution is -2.32. The van der Waals surface area contributed by atoms with Crippen molar-refractivity contribution in [2.75, 3.05) is 38.8 Å². The zero-order valence-electron chi connectivity index (χ0n) is 29.1. The first-order valence-corrected chi connectivity index (χ1v) is 15.5. The molecule has 0 aliphatic carbocycles. The highest BCUT2D eigenvalue weighted by Gasteiger charge is 2.32. The summed E-state index contributed by atoms with van der Waals surface area (Å²) in [7, 11) is 3.61. The van der Waals surface area contributed by atoms with Gasteiger partial charge in [-0.25, -0.2) is 4.39 Å². The van der Waals surface area contributed by atoms with Crippen molar-refractivity contribution < 1.29 is 18.7 Å². The number of carbonyl (C=O) groups excluding carboxylic acids is 2. The van der Waals surface area contributed by atoms with Crippen molar-refractivity contribution in [3.63, 3.8) is 0 Å². The molecule has 2 aromatic carbocycles. The Bertz CT molecular complexity index is 1300. The van der Waals surface area contributed by atoms with Crippen LogP contribution in [0.3, 0.4) is 0 Å². The monoisotopic (exact) mass is 628 g/mol. The molecule has 0 unspecified atom stereocenters. The Morgan fingerprint density at radius 1 is 1.09 bits per heavy atom. The van der Waals surface area contributed by atoms with Crippen LogP contribution in [0.25, 0.3) is 10.8 Å². The number of nitrogens with zero attached hydrogens (tertiary/aromatic N) is 2. The summed E-state index contributed by atoms with van der Waals surface area (Å²) in [4.78, 5) is 27.0. The number of rotatable bonds is 10. The Morgan fingerprint density at radius 2 is 1.60 bits per heavy atom. The van der Waals surface area contributed by atoms with Crippen molar-refractivity contribution in [2.24, 2.45) is 17.2 Å². The Hall–Kier alpha value is -3.99. The standard InChI is InChI=1S/C27H30FN3O3.C2H8N2.C2H7N.2C2H6/c1-6-7-12-30(5)25(18(4)28)26-24(17(2)3)31(15-21(16-32)27(29)33)22-13-19-10-8-9-11-20(19)14-23(22)34-26;1-4-2-3;1-2-3;2*1-2/h8-11,13-16H,2,6-7,12H2,1,3-5H3,(H2,29,33);4H,2-3H2,1H3;2-3H2,1H3;2*1-2H3/b21-15+,25-18-;;;;. The Morgan fingerprint density at radius 3 is 2.00 bits per heavy atom. The minimum absolute atomic E-state index is 0.235. The molecule has 1 amide bonds. The zero-order chi connectivity index (χ0) is 35.1. The van der Waals surface area contributed by atoms with E-state index in [1.54, 1.807) is 30.8 Å². The van der Waals surface area contributed by atoms with Gasteiger partial charge in [-0.1, -0.05) is 78.8 Å². The van der Waals surface area contributed by atoms with Crippen LogP contribution in [0.2, 0.25) is 0 Å². The number of unbranched alkanes of at least 4 members (excludes halogenated alkanes) is 1. The highest BCUT2D eigenvalue weighted by atomic mass is 19.1. The number of allylic oxidation sites excluding steroid dienone is 2. The summed E-state index contributed by atoms with van der Waals surface area (Å²) in [5, 5.41) is 4.56. The van der Waals surface area contributed by atoms with E-state index in [0.717, 1.165) is 30.2 Å². The molecular weight excluding hydrogens is 571 g/mol. The molecular formula is C35H57FN6O3. The van der Waals surface area contributed by atoms with E-state index in [9.17, 15) is 9.59 Å². The van der Waals surface area contributed by atoms with Crippen LogP contribution in [-0.2, 0) is 9.59 Å². The van der Waals surface area contributed by atoms with Crippen molar-refractivity contribution in [2.45, 2.75) is 68.2 Å². The number of anilines is 1. The predicted molar refractivity (Wildman–Crippen MR) is 189 cm³/mol. The molecule has 1 aliphatic rings. The fourth-order valence-corrected chi connectivity index (χ4v) is 3.95. The highest BCUT2D eigenvalue weighted by Crippen LogP contribution is 2.45. The maximum Gasteiger partial charge on any atom is 0.253 e. The summed E-state index contributed by atoms with van der Waals surface area (Å²) in [6, 6.07) is 11.5. The van der Waals surface area contributed by atoms with Crippen LogP contribution in [-0.4, -0.2) is 50.9 Å². The maximum atomic E-state index is 15.0. The molecule has 7 N–H and O–H groups in total. The lowest BCUT2D eigenvalue weighted by atomic mass is 10.0. The third-order valence-corrected chi connectivity index (χ3v) is 5.81. The van der Waals surface area contributed by atoms with Crippen molar-refractivity contribution in [3.05, 3.63) is 83.3 Å². The number of aldehydes is 1. The second kappa shape index (κ2) is 24.3. The topological polar surface area (TPSA) is 140 Å². The van der Waals surface area contributed by atoms with Crippen LogP contribution in [0.1, 0.15) is 68.2 Å². The molecule has 0 spiro atoms. The number of hydrogen-bond donors (Lipinski definition) is 4. The molecule has 45 heavy (non-hydrogen) atoms. The Kier molecular flexibility index (Phi) is 23.3. The van der Waals surface area contributed by atoms with Crippen LogP contribution in [0.4, 0.5) is 10.1 Å². The van der Waals surface area contributed by atoms with Gasteiger partial charge in [-0.3, -0.25) is 9.59 Å². The molecule has 0 saturated heterocycles. The summed E-state index contributed by atoms with van der Waals surface area (Å²) in [6.45, 7) is 21.1. The van der Waals surface area contributed by atoms with E-state index in [1.807, 2.05) is 71.0 Å². The van der Waals surface area contributed by atoms with Crippen molar-refractivity contribution in [1.29, 1.82) is 0 Å². The minimum Gasteiger partial charge on any atom is -0.451 e. The van der Waals surface area contributed by atoms with E-state index in [2.05, 4.69) is 18.8 Å². The number of hydrogen-bond acceptors (Lipinski definition) is 8. The number of nitrogens with one attached hydrogen (secondary N) is 1. The van der Waals surface area contributed by atoms with Gasteiger partial charge in [-0.15, -0.1) is 0 Å². The predicted octanol–water partition coefficient (Wildman–Crippen LogP) is 6.47. The third-order valence-electron chi connectivity index (χ3n) is 5.81. The second-order valence-corrected chi connectivity index (χ2v) is 9.29. The summed E-state index contributed by atoms with van der Waals surface area (Å²) in [5.41, 5.74) is 16.8. The SMILES string of the molecule is C=C(C)C1=C(/C(=C(\C)F)N(C)CCCC)Oc2cc3ccccc3cc2N1/C=C(\C=O)C(N)=O.CC.CC.CCN.CNCN.